The van der Waals surface area contributed by atoms with Gasteiger partial charge < -0.3 is 8.85 Å². The Morgan fingerprint density at radius 1 is 0.412 bits per heavy atom. The molecule has 4 rings (SSSR count). The van der Waals surface area contributed by atoms with E-state index in [1.807, 2.05) is 0 Å². The second-order valence-corrected chi connectivity index (χ2v) is 10.3. The van der Waals surface area contributed by atoms with Gasteiger partial charge in [0.1, 0.15) is 0 Å². The van der Waals surface area contributed by atoms with Crippen molar-refractivity contribution in [3.8, 4) is 0 Å². The third-order valence-electron chi connectivity index (χ3n) is 5.84. The lowest BCUT2D eigenvalue weighted by molar-refractivity contribution is 0.314. The van der Waals surface area contributed by atoms with Crippen LogP contribution in [-0.4, -0.2) is 32.7 Å². The highest BCUT2D eigenvalue weighted by atomic mass is 28.2. The maximum Gasteiger partial charge on any atom is 0.229 e. The second-order valence-electron chi connectivity index (χ2n) is 8.16. The van der Waals surface area contributed by atoms with Crippen LogP contribution in [0.25, 0.3) is 0 Å². The smallest absolute Gasteiger partial charge is 0.229 e. The summed E-state index contributed by atoms with van der Waals surface area (Å²) in [4.78, 5) is 0. The highest BCUT2D eigenvalue weighted by Crippen LogP contribution is 2.26. The fraction of sp³-hybridized carbons (Fsp3) is 0.200. The van der Waals surface area contributed by atoms with Crippen LogP contribution in [0.1, 0.15) is 34.1 Å². The monoisotopic (exact) mass is 478 g/mol. The molecule has 2 nitrogen and oxygen atoms in total. The molecule has 0 unspecified atom stereocenters. The van der Waals surface area contributed by atoms with Gasteiger partial charge in [0.15, 0.2) is 0 Å². The van der Waals surface area contributed by atoms with Gasteiger partial charge in [-0.1, -0.05) is 121 Å². The van der Waals surface area contributed by atoms with Crippen LogP contribution >= 0.6 is 0 Å². The van der Waals surface area contributed by atoms with Crippen molar-refractivity contribution >= 4 is 19.5 Å². The van der Waals surface area contributed by atoms with Gasteiger partial charge in [-0.3, -0.25) is 0 Å². The van der Waals surface area contributed by atoms with Crippen LogP contribution < -0.4 is 0 Å². The zero-order valence-corrected chi connectivity index (χ0v) is 21.3. The van der Waals surface area contributed by atoms with Crippen molar-refractivity contribution < 1.29 is 8.85 Å². The van der Waals surface area contributed by atoms with E-state index >= 15 is 0 Å². The molecule has 0 amide bonds. The Balaban J connectivity index is 1.21. The summed E-state index contributed by atoms with van der Waals surface area (Å²) < 4.78 is 12.3. The standard InChI is InChI=1S/C30H30O2Si2/c1-5-13-25(14-6-1)29(26-15-7-2-8-16-26)23-31-33-21-22-34-32-24-30(27-17-9-3-10-18-27)28-19-11-4-12-20-28/h1-20,29-30H,21-24H2. The molecule has 0 saturated carbocycles. The van der Waals surface area contributed by atoms with E-state index in [-0.39, 0.29) is 11.8 Å². The van der Waals surface area contributed by atoms with Gasteiger partial charge >= 0.3 is 0 Å². The predicted molar refractivity (Wildman–Crippen MR) is 142 cm³/mol. The van der Waals surface area contributed by atoms with Crippen LogP contribution in [0.3, 0.4) is 0 Å². The summed E-state index contributed by atoms with van der Waals surface area (Å²) >= 11 is 0. The molecule has 0 atom stereocenters. The average molecular weight is 479 g/mol. The average Bonchev–Trinajstić information content (AvgIpc) is 2.92. The summed E-state index contributed by atoms with van der Waals surface area (Å²) in [5.41, 5.74) is 5.21. The molecule has 0 N–H and O–H groups in total. The summed E-state index contributed by atoms with van der Waals surface area (Å²) in [6, 6.07) is 44.7. The Labute approximate surface area is 208 Å². The zero-order valence-electron chi connectivity index (χ0n) is 19.3. The Hall–Kier alpha value is -2.77. The Morgan fingerprint density at radius 2 is 0.676 bits per heavy atom. The molecule has 4 aromatic carbocycles. The van der Waals surface area contributed by atoms with Gasteiger partial charge in [0.2, 0.25) is 19.5 Å². The van der Waals surface area contributed by atoms with Crippen molar-refractivity contribution in [3.63, 3.8) is 0 Å². The van der Waals surface area contributed by atoms with E-state index in [1.54, 1.807) is 0 Å². The minimum Gasteiger partial charge on any atom is -0.416 e. The number of hydrogen-bond donors (Lipinski definition) is 0. The van der Waals surface area contributed by atoms with E-state index in [1.165, 1.54) is 22.3 Å². The first-order valence-electron chi connectivity index (χ1n) is 11.8. The summed E-state index contributed by atoms with van der Waals surface area (Å²) in [6.07, 6.45) is 0. The first kappa shape index (κ1) is 24.4. The number of rotatable bonds is 13. The van der Waals surface area contributed by atoms with Crippen molar-refractivity contribution in [2.75, 3.05) is 13.2 Å². The summed E-state index contributed by atoms with van der Waals surface area (Å²) in [6.45, 7) is 1.42. The number of hydrogen-bond acceptors (Lipinski definition) is 2. The van der Waals surface area contributed by atoms with Crippen molar-refractivity contribution in [3.05, 3.63) is 144 Å². The van der Waals surface area contributed by atoms with Crippen molar-refractivity contribution in [2.24, 2.45) is 0 Å². The van der Waals surface area contributed by atoms with Crippen molar-refractivity contribution in [1.82, 2.24) is 0 Å². The van der Waals surface area contributed by atoms with E-state index in [0.29, 0.717) is 32.7 Å². The van der Waals surface area contributed by atoms with Crippen molar-refractivity contribution in [1.29, 1.82) is 0 Å². The molecule has 4 heteroatoms. The van der Waals surface area contributed by atoms with Gasteiger partial charge in [-0.05, 0) is 34.3 Å². The van der Waals surface area contributed by atoms with Gasteiger partial charge in [0, 0.05) is 25.0 Å². The van der Waals surface area contributed by atoms with Gasteiger partial charge in [0.05, 0.1) is 0 Å². The van der Waals surface area contributed by atoms with Crippen LogP contribution in [0.15, 0.2) is 121 Å². The molecule has 34 heavy (non-hydrogen) atoms. The van der Waals surface area contributed by atoms with Crippen LogP contribution in [-0.2, 0) is 8.85 Å². The molecule has 4 radical (unpaired) electrons. The van der Waals surface area contributed by atoms with E-state index in [0.717, 1.165) is 12.1 Å². The van der Waals surface area contributed by atoms with Gasteiger partial charge in [0.25, 0.3) is 0 Å². The van der Waals surface area contributed by atoms with Gasteiger partial charge in [-0.2, -0.15) is 0 Å². The maximum absolute atomic E-state index is 6.15. The largest absolute Gasteiger partial charge is 0.416 e. The topological polar surface area (TPSA) is 18.5 Å². The first-order chi connectivity index (χ1) is 16.9. The molecule has 0 saturated heterocycles. The number of benzene rings is 4. The Bertz CT molecular complexity index is 892. The van der Waals surface area contributed by atoms with E-state index in [4.69, 9.17) is 8.85 Å². The third kappa shape index (κ3) is 7.37. The Morgan fingerprint density at radius 3 is 0.941 bits per heavy atom. The molecule has 0 aromatic heterocycles. The second kappa shape index (κ2) is 13.8. The quantitative estimate of drug-likeness (QED) is 0.156. The highest BCUT2D eigenvalue weighted by Gasteiger charge is 2.15. The fourth-order valence-electron chi connectivity index (χ4n) is 4.04. The lowest BCUT2D eigenvalue weighted by Crippen LogP contribution is -2.14. The zero-order chi connectivity index (χ0) is 23.3. The molecular weight excluding hydrogens is 449 g/mol. The molecule has 0 aliphatic rings. The third-order valence-corrected chi connectivity index (χ3v) is 7.99. The van der Waals surface area contributed by atoms with Crippen LogP contribution in [0.4, 0.5) is 0 Å². The van der Waals surface area contributed by atoms with E-state index in [2.05, 4.69) is 121 Å². The molecule has 0 spiro atoms. The van der Waals surface area contributed by atoms with Gasteiger partial charge in [-0.15, -0.1) is 0 Å². The predicted octanol–water partition coefficient (Wildman–Crippen LogP) is 6.76. The molecular formula is C30H30O2Si2. The highest BCUT2D eigenvalue weighted by molar-refractivity contribution is 6.34. The minimum atomic E-state index is 0.270. The van der Waals surface area contributed by atoms with Crippen LogP contribution in [0.5, 0.6) is 0 Å². The summed E-state index contributed by atoms with van der Waals surface area (Å²) in [5, 5.41) is 0. The summed E-state index contributed by atoms with van der Waals surface area (Å²) in [5.74, 6) is 0.539. The molecule has 0 aliphatic heterocycles. The summed E-state index contributed by atoms with van der Waals surface area (Å²) in [7, 11) is 0.986. The lowest BCUT2D eigenvalue weighted by Gasteiger charge is -2.19. The van der Waals surface area contributed by atoms with Crippen LogP contribution in [0, 0.1) is 0 Å². The minimum absolute atomic E-state index is 0.270. The van der Waals surface area contributed by atoms with E-state index < -0.39 is 0 Å². The molecule has 0 fully saturated rings. The van der Waals surface area contributed by atoms with Crippen molar-refractivity contribution in [2.45, 2.75) is 23.9 Å². The lowest BCUT2D eigenvalue weighted by atomic mass is 9.92. The molecule has 0 bridgehead atoms. The Kier molecular flexibility index (Phi) is 9.90. The molecule has 0 aliphatic carbocycles. The SMILES string of the molecule is c1ccc(C(CO[Si]CC[Si]OCC(c2ccccc2)c2ccccc2)c2ccccc2)cc1. The van der Waals surface area contributed by atoms with Crippen LogP contribution in [0.2, 0.25) is 12.1 Å². The fourth-order valence-corrected chi connectivity index (χ4v) is 5.72. The van der Waals surface area contributed by atoms with E-state index in [9.17, 15) is 0 Å². The molecule has 4 aromatic rings. The first-order valence-corrected chi connectivity index (χ1v) is 14.0. The van der Waals surface area contributed by atoms with Gasteiger partial charge in [-0.25, -0.2) is 0 Å². The molecule has 0 heterocycles. The maximum atomic E-state index is 6.15. The normalized spacial score (nSPS) is 11.2. The molecule has 170 valence electrons.